The lowest BCUT2D eigenvalue weighted by molar-refractivity contribution is 0.407. The minimum Gasteiger partial charge on any atom is -0.206 e. The highest BCUT2D eigenvalue weighted by molar-refractivity contribution is 5.43. The minimum atomic E-state index is 0.240. The number of rotatable bonds is 1. The average Bonchev–Trinajstić information content (AvgIpc) is 2.42. The van der Waals surface area contributed by atoms with Crippen molar-refractivity contribution >= 4 is 0 Å². The maximum atomic E-state index is 2.44. The monoisotopic (exact) mass is 247 g/mol. The molecule has 0 nitrogen and oxygen atoms in total. The van der Waals surface area contributed by atoms with Crippen LogP contribution in [-0.2, 0) is 17.3 Å². The Hall–Kier alpha value is -0.650. The van der Waals surface area contributed by atoms with Crippen molar-refractivity contribution in [1.82, 2.24) is 0 Å². The summed E-state index contributed by atoms with van der Waals surface area (Å²) in [6.45, 7) is 20.8. The van der Waals surface area contributed by atoms with Crippen LogP contribution in [0.25, 0.3) is 0 Å². The molecule has 0 fully saturated rings. The van der Waals surface area contributed by atoms with Gasteiger partial charge in [-0.25, -0.2) is 6.07 Å². The van der Waals surface area contributed by atoms with Crippen LogP contribution in [0.3, 0.4) is 0 Å². The third kappa shape index (κ3) is 3.93. The van der Waals surface area contributed by atoms with E-state index < -0.39 is 0 Å². The van der Waals surface area contributed by atoms with Gasteiger partial charge in [0.25, 0.3) is 0 Å². The van der Waals surface area contributed by atoms with Gasteiger partial charge in [-0.3, -0.25) is 0 Å². The molecule has 0 bridgehead atoms. The van der Waals surface area contributed by atoms with E-state index in [-0.39, 0.29) is 10.8 Å². The van der Waals surface area contributed by atoms with Crippen molar-refractivity contribution in [3.8, 4) is 0 Å². The van der Waals surface area contributed by atoms with E-state index in [0.717, 1.165) is 6.42 Å². The van der Waals surface area contributed by atoms with E-state index in [1.54, 1.807) is 5.56 Å². The Kier molecular flexibility index (Phi) is 3.83. The second-order valence-corrected chi connectivity index (χ2v) is 8.92. The first-order chi connectivity index (χ1) is 7.81. The highest BCUT2D eigenvalue weighted by atomic mass is 14.3. The van der Waals surface area contributed by atoms with Gasteiger partial charge in [-0.05, 0) is 10.8 Å². The second-order valence-electron chi connectivity index (χ2n) is 8.92. The Morgan fingerprint density at radius 2 is 1.33 bits per heavy atom. The van der Waals surface area contributed by atoms with Crippen LogP contribution in [0, 0.1) is 5.41 Å². The smallest absolute Gasteiger partial charge is 0.0361 e. The first kappa shape index (κ1) is 15.4. The summed E-state index contributed by atoms with van der Waals surface area (Å²) in [5, 5.41) is 0. The van der Waals surface area contributed by atoms with Crippen LogP contribution >= 0.6 is 0 Å². The van der Waals surface area contributed by atoms with Crippen molar-refractivity contribution in [2.75, 3.05) is 0 Å². The third-order valence-electron chi connectivity index (χ3n) is 3.37. The summed E-state index contributed by atoms with van der Waals surface area (Å²) >= 11 is 0. The summed E-state index contributed by atoms with van der Waals surface area (Å²) in [4.78, 5) is 0. The largest absolute Gasteiger partial charge is 0.206 e. The van der Waals surface area contributed by atoms with E-state index >= 15 is 0 Å². The highest BCUT2D eigenvalue weighted by Crippen LogP contribution is 2.36. The molecule has 0 unspecified atom stereocenters. The number of hydrogen-bond acceptors (Lipinski definition) is 0. The lowest BCUT2D eigenvalue weighted by Crippen LogP contribution is -2.16. The summed E-state index contributed by atoms with van der Waals surface area (Å²) in [6.07, 6.45) is 1.16. The fourth-order valence-electron chi connectivity index (χ4n) is 2.40. The summed E-state index contributed by atoms with van der Waals surface area (Å²) in [5.74, 6) is 0. The van der Waals surface area contributed by atoms with Gasteiger partial charge >= 0.3 is 0 Å². The van der Waals surface area contributed by atoms with Crippen molar-refractivity contribution in [3.63, 3.8) is 0 Å². The summed E-state index contributed by atoms with van der Waals surface area (Å²) in [6, 6.07) is 4.87. The molecule has 0 N–H and O–H groups in total. The van der Waals surface area contributed by atoms with Crippen LogP contribution in [0.2, 0.25) is 0 Å². The molecular weight excluding hydrogens is 216 g/mol. The zero-order valence-corrected chi connectivity index (χ0v) is 13.9. The van der Waals surface area contributed by atoms with E-state index in [1.165, 1.54) is 11.1 Å². The van der Waals surface area contributed by atoms with Crippen LogP contribution in [0.4, 0.5) is 0 Å². The highest BCUT2D eigenvalue weighted by Gasteiger charge is 2.19. The summed E-state index contributed by atoms with van der Waals surface area (Å²) in [5.41, 5.74) is 5.39. The maximum absolute atomic E-state index is 2.44. The second kappa shape index (κ2) is 4.47. The van der Waals surface area contributed by atoms with Crippen molar-refractivity contribution in [2.24, 2.45) is 5.41 Å². The van der Waals surface area contributed by atoms with Gasteiger partial charge in [0.2, 0.25) is 0 Å². The Balaban J connectivity index is 3.27. The normalized spacial score (nSPS) is 14.1. The molecule has 0 aliphatic carbocycles. The summed E-state index contributed by atoms with van der Waals surface area (Å²) in [7, 11) is 0. The van der Waals surface area contributed by atoms with Gasteiger partial charge in [0.15, 0.2) is 0 Å². The third-order valence-corrected chi connectivity index (χ3v) is 3.37. The van der Waals surface area contributed by atoms with Gasteiger partial charge in [0.1, 0.15) is 0 Å². The SMILES string of the molecule is CC(C)(C)C[c-]1cc(C(C)(C)C)cc1C(C)(C)C. The predicted molar refractivity (Wildman–Crippen MR) is 82.6 cm³/mol. The molecule has 18 heavy (non-hydrogen) atoms. The molecule has 0 amide bonds. The topological polar surface area (TPSA) is 0 Å². The molecule has 0 heteroatoms. The number of hydrogen-bond donors (Lipinski definition) is 0. The molecule has 0 aromatic heterocycles. The van der Waals surface area contributed by atoms with Crippen LogP contribution < -0.4 is 0 Å². The van der Waals surface area contributed by atoms with Gasteiger partial charge < -0.3 is 0 Å². The van der Waals surface area contributed by atoms with Crippen molar-refractivity contribution in [2.45, 2.75) is 79.6 Å². The molecule has 104 valence electrons. The van der Waals surface area contributed by atoms with Gasteiger partial charge in [-0.2, -0.15) is 22.8 Å². The molecule has 0 aliphatic rings. The first-order valence-electron chi connectivity index (χ1n) is 7.11. The molecule has 0 aliphatic heterocycles. The van der Waals surface area contributed by atoms with E-state index in [9.17, 15) is 0 Å². The Morgan fingerprint density at radius 1 is 0.833 bits per heavy atom. The first-order valence-corrected chi connectivity index (χ1v) is 7.11. The van der Waals surface area contributed by atoms with Gasteiger partial charge in [0.05, 0.1) is 0 Å². The van der Waals surface area contributed by atoms with Gasteiger partial charge in [0, 0.05) is 0 Å². The molecular formula is C18H31-. The molecule has 0 saturated carbocycles. The van der Waals surface area contributed by atoms with Crippen molar-refractivity contribution in [3.05, 3.63) is 28.8 Å². The average molecular weight is 247 g/mol. The van der Waals surface area contributed by atoms with Gasteiger partial charge in [-0.15, -0.1) is 0 Å². The van der Waals surface area contributed by atoms with E-state index in [2.05, 4.69) is 74.4 Å². The van der Waals surface area contributed by atoms with E-state index in [4.69, 9.17) is 0 Å². The molecule has 1 aromatic rings. The quantitative estimate of drug-likeness (QED) is 0.567. The fourth-order valence-corrected chi connectivity index (χ4v) is 2.40. The standard InChI is InChI=1S/C18H31/c1-16(2,3)12-13-10-14(17(4,5)6)11-15(13)18(7,8)9/h10-11H,12H2,1-9H3/q-1. The lowest BCUT2D eigenvalue weighted by atomic mass is 9.81. The molecule has 1 rings (SSSR count). The molecule has 0 heterocycles. The predicted octanol–water partition coefficient (Wildman–Crippen LogP) is 5.59. The molecule has 0 spiro atoms. The lowest BCUT2D eigenvalue weighted by Gasteiger charge is -2.29. The Labute approximate surface area is 114 Å². The van der Waals surface area contributed by atoms with Crippen LogP contribution in [-0.4, -0.2) is 0 Å². The van der Waals surface area contributed by atoms with Crippen molar-refractivity contribution in [1.29, 1.82) is 0 Å². The van der Waals surface area contributed by atoms with Crippen LogP contribution in [0.5, 0.6) is 0 Å². The zero-order valence-electron chi connectivity index (χ0n) is 13.9. The Bertz CT molecular complexity index is 397. The van der Waals surface area contributed by atoms with Crippen LogP contribution in [0.15, 0.2) is 12.1 Å². The van der Waals surface area contributed by atoms with Gasteiger partial charge in [-0.1, -0.05) is 74.1 Å². The molecule has 1 aromatic carbocycles. The van der Waals surface area contributed by atoms with Crippen molar-refractivity contribution < 1.29 is 0 Å². The Morgan fingerprint density at radius 3 is 1.67 bits per heavy atom. The zero-order chi connectivity index (χ0) is 14.4. The van der Waals surface area contributed by atoms with E-state index in [0.29, 0.717) is 5.41 Å². The van der Waals surface area contributed by atoms with E-state index in [1.807, 2.05) is 0 Å². The molecule has 0 atom stereocenters. The fraction of sp³-hybridized carbons (Fsp3) is 0.722. The summed E-state index contributed by atoms with van der Waals surface area (Å²) < 4.78 is 0. The molecule has 0 saturated heterocycles. The van der Waals surface area contributed by atoms with Crippen LogP contribution in [0.1, 0.15) is 79.0 Å². The maximum Gasteiger partial charge on any atom is -0.0361 e. The minimum absolute atomic E-state index is 0.240. The molecule has 0 radical (unpaired) electrons.